The maximum atomic E-state index is 11.9. The zero-order chi connectivity index (χ0) is 18.6. The average molecular weight is 400 g/mol. The number of carbonyl (C=O) groups is 1. The lowest BCUT2D eigenvalue weighted by Gasteiger charge is -2.22. The van der Waals surface area contributed by atoms with Gasteiger partial charge in [-0.2, -0.15) is 0 Å². The standard InChI is InChI=1S/C17H19Cl2N3O2S/c1-17(2,24)9-21-15-10(7-20-16(22-15)25-3)11(8-23)14-12(18)5-4-6-13(14)19/h4-8,11,24H,9H2,1-3H3,(H,20,21,22). The highest BCUT2D eigenvalue weighted by Gasteiger charge is 2.25. The molecule has 1 aromatic carbocycles. The molecule has 0 fully saturated rings. The molecule has 25 heavy (non-hydrogen) atoms. The molecule has 1 aromatic heterocycles. The Hall–Kier alpha value is -1.34. The van der Waals surface area contributed by atoms with E-state index in [1.165, 1.54) is 11.8 Å². The van der Waals surface area contributed by atoms with Gasteiger partial charge in [-0.15, -0.1) is 0 Å². The molecule has 0 aliphatic rings. The Morgan fingerprint density at radius 2 is 2.00 bits per heavy atom. The van der Waals surface area contributed by atoms with E-state index in [2.05, 4.69) is 15.3 Å². The zero-order valence-corrected chi connectivity index (χ0v) is 16.4. The van der Waals surface area contributed by atoms with Gasteiger partial charge < -0.3 is 15.2 Å². The summed E-state index contributed by atoms with van der Waals surface area (Å²) in [6.45, 7) is 3.61. The number of aromatic nitrogens is 2. The Bertz CT molecular complexity index is 746. The first-order valence-electron chi connectivity index (χ1n) is 7.53. The number of carbonyl (C=O) groups excluding carboxylic acids is 1. The van der Waals surface area contributed by atoms with Gasteiger partial charge in [0.2, 0.25) is 0 Å². The van der Waals surface area contributed by atoms with E-state index < -0.39 is 11.5 Å². The van der Waals surface area contributed by atoms with E-state index >= 15 is 0 Å². The summed E-state index contributed by atoms with van der Waals surface area (Å²) in [6.07, 6.45) is 4.21. The number of hydrogen-bond donors (Lipinski definition) is 2. The number of aliphatic hydroxyl groups is 1. The van der Waals surface area contributed by atoms with Crippen LogP contribution in [0.4, 0.5) is 5.82 Å². The monoisotopic (exact) mass is 399 g/mol. The average Bonchev–Trinajstić information content (AvgIpc) is 2.56. The third kappa shape index (κ3) is 5.07. The molecule has 134 valence electrons. The van der Waals surface area contributed by atoms with Gasteiger partial charge >= 0.3 is 0 Å². The zero-order valence-electron chi connectivity index (χ0n) is 14.1. The SMILES string of the molecule is CSc1ncc(C(C=O)c2c(Cl)cccc2Cl)c(NCC(C)(C)O)n1. The molecule has 1 heterocycles. The van der Waals surface area contributed by atoms with Gasteiger partial charge in [0.1, 0.15) is 12.1 Å². The van der Waals surface area contributed by atoms with Gasteiger partial charge in [0.15, 0.2) is 5.16 Å². The summed E-state index contributed by atoms with van der Waals surface area (Å²) in [5, 5.41) is 14.4. The molecule has 0 aliphatic heterocycles. The van der Waals surface area contributed by atoms with Crippen LogP contribution in [0.1, 0.15) is 30.9 Å². The van der Waals surface area contributed by atoms with Crippen LogP contribution in [0.2, 0.25) is 10.0 Å². The van der Waals surface area contributed by atoms with E-state index in [-0.39, 0.29) is 6.54 Å². The third-order valence-corrected chi connectivity index (χ3v) is 4.67. The quantitative estimate of drug-likeness (QED) is 0.416. The Morgan fingerprint density at radius 1 is 1.36 bits per heavy atom. The normalized spacial score (nSPS) is 12.7. The largest absolute Gasteiger partial charge is 0.389 e. The first-order chi connectivity index (χ1) is 11.8. The van der Waals surface area contributed by atoms with Crippen LogP contribution in [0.25, 0.3) is 0 Å². The van der Waals surface area contributed by atoms with Gasteiger partial charge in [-0.25, -0.2) is 9.97 Å². The number of nitrogens with zero attached hydrogens (tertiary/aromatic N) is 2. The molecular formula is C17H19Cl2N3O2S. The molecular weight excluding hydrogens is 381 g/mol. The highest BCUT2D eigenvalue weighted by Crippen LogP contribution is 2.37. The van der Waals surface area contributed by atoms with Gasteiger partial charge in [-0.1, -0.05) is 41.0 Å². The number of nitrogens with one attached hydrogen (secondary N) is 1. The number of aldehydes is 1. The molecule has 2 aromatic rings. The lowest BCUT2D eigenvalue weighted by atomic mass is 9.93. The molecule has 8 heteroatoms. The van der Waals surface area contributed by atoms with Gasteiger partial charge in [-0.3, -0.25) is 0 Å². The number of halogens is 2. The van der Waals surface area contributed by atoms with Crippen LogP contribution in [0.3, 0.4) is 0 Å². The van der Waals surface area contributed by atoms with Crippen molar-refractivity contribution >= 4 is 47.1 Å². The van der Waals surface area contributed by atoms with Crippen LogP contribution >= 0.6 is 35.0 Å². The van der Waals surface area contributed by atoms with Crippen LogP contribution in [0.5, 0.6) is 0 Å². The molecule has 0 bridgehead atoms. The van der Waals surface area contributed by atoms with Crippen molar-refractivity contribution < 1.29 is 9.90 Å². The van der Waals surface area contributed by atoms with Crippen molar-refractivity contribution in [3.63, 3.8) is 0 Å². The van der Waals surface area contributed by atoms with Crippen molar-refractivity contribution in [2.45, 2.75) is 30.5 Å². The summed E-state index contributed by atoms with van der Waals surface area (Å²) in [4.78, 5) is 20.6. The Labute approximate surface area is 161 Å². The summed E-state index contributed by atoms with van der Waals surface area (Å²) < 4.78 is 0. The summed E-state index contributed by atoms with van der Waals surface area (Å²) >= 11 is 13.9. The predicted molar refractivity (Wildman–Crippen MR) is 103 cm³/mol. The summed E-state index contributed by atoms with van der Waals surface area (Å²) in [7, 11) is 0. The van der Waals surface area contributed by atoms with Crippen molar-refractivity contribution in [3.8, 4) is 0 Å². The number of thioether (sulfide) groups is 1. The van der Waals surface area contributed by atoms with Gasteiger partial charge in [0, 0.05) is 33.9 Å². The van der Waals surface area contributed by atoms with Crippen LogP contribution in [-0.2, 0) is 4.79 Å². The van der Waals surface area contributed by atoms with Gasteiger partial charge in [-0.05, 0) is 32.2 Å². The number of benzene rings is 1. The molecule has 0 aliphatic carbocycles. The predicted octanol–water partition coefficient (Wildman–Crippen LogP) is 4.02. The fourth-order valence-corrected chi connectivity index (χ4v) is 3.22. The highest BCUT2D eigenvalue weighted by molar-refractivity contribution is 7.98. The van der Waals surface area contributed by atoms with E-state index in [0.717, 1.165) is 6.29 Å². The molecule has 5 nitrogen and oxygen atoms in total. The molecule has 1 atom stereocenters. The van der Waals surface area contributed by atoms with Gasteiger partial charge in [0.05, 0.1) is 11.5 Å². The maximum absolute atomic E-state index is 11.9. The summed E-state index contributed by atoms with van der Waals surface area (Å²) in [5.41, 5.74) is 0.111. The first kappa shape index (κ1) is 20.0. The number of anilines is 1. The van der Waals surface area contributed by atoms with Crippen molar-refractivity contribution in [1.82, 2.24) is 9.97 Å². The van der Waals surface area contributed by atoms with E-state index in [0.29, 0.717) is 32.1 Å². The van der Waals surface area contributed by atoms with Crippen LogP contribution in [0.15, 0.2) is 29.6 Å². The lowest BCUT2D eigenvalue weighted by molar-refractivity contribution is -0.108. The Balaban J connectivity index is 2.53. The first-order valence-corrected chi connectivity index (χ1v) is 9.51. The molecule has 0 spiro atoms. The molecule has 0 saturated heterocycles. The Kier molecular flexibility index (Phi) is 6.68. The minimum absolute atomic E-state index is 0.257. The van der Waals surface area contributed by atoms with Gasteiger partial charge in [0.25, 0.3) is 0 Å². The van der Waals surface area contributed by atoms with E-state index in [4.69, 9.17) is 23.2 Å². The molecule has 2 N–H and O–H groups in total. The second-order valence-electron chi connectivity index (χ2n) is 6.08. The minimum atomic E-state index is -0.944. The second kappa shape index (κ2) is 8.36. The number of hydrogen-bond acceptors (Lipinski definition) is 6. The fourth-order valence-electron chi connectivity index (χ4n) is 2.25. The van der Waals surface area contributed by atoms with E-state index in [9.17, 15) is 9.90 Å². The van der Waals surface area contributed by atoms with Crippen LogP contribution in [0, 0.1) is 0 Å². The van der Waals surface area contributed by atoms with Crippen molar-refractivity contribution in [1.29, 1.82) is 0 Å². The fraction of sp³-hybridized carbons (Fsp3) is 0.353. The van der Waals surface area contributed by atoms with Crippen molar-refractivity contribution in [3.05, 3.63) is 45.6 Å². The molecule has 2 rings (SSSR count). The van der Waals surface area contributed by atoms with E-state index in [1.807, 2.05) is 6.26 Å². The molecule has 1 unspecified atom stereocenters. The Morgan fingerprint density at radius 3 is 2.52 bits per heavy atom. The second-order valence-corrected chi connectivity index (χ2v) is 7.66. The lowest BCUT2D eigenvalue weighted by Crippen LogP contribution is -2.30. The number of rotatable bonds is 7. The topological polar surface area (TPSA) is 75.1 Å². The summed E-state index contributed by atoms with van der Waals surface area (Å²) in [5.74, 6) is -0.254. The van der Waals surface area contributed by atoms with Crippen molar-refractivity contribution in [2.24, 2.45) is 0 Å². The highest BCUT2D eigenvalue weighted by atomic mass is 35.5. The third-order valence-electron chi connectivity index (χ3n) is 3.45. The smallest absolute Gasteiger partial charge is 0.189 e. The van der Waals surface area contributed by atoms with Crippen molar-refractivity contribution in [2.75, 3.05) is 18.1 Å². The molecule has 0 amide bonds. The molecule has 0 radical (unpaired) electrons. The minimum Gasteiger partial charge on any atom is -0.389 e. The van der Waals surface area contributed by atoms with Crippen LogP contribution in [-0.4, -0.2) is 39.8 Å². The van der Waals surface area contributed by atoms with Crippen LogP contribution < -0.4 is 5.32 Å². The maximum Gasteiger partial charge on any atom is 0.189 e. The summed E-state index contributed by atoms with van der Waals surface area (Å²) in [6, 6.07) is 5.08. The van der Waals surface area contributed by atoms with E-state index in [1.54, 1.807) is 38.2 Å². The molecule has 0 saturated carbocycles.